The molecular formula is C11H12O3. The van der Waals surface area contributed by atoms with E-state index in [2.05, 4.69) is 0 Å². The molecule has 0 fully saturated rings. The second-order valence-electron chi connectivity index (χ2n) is 2.73. The second kappa shape index (κ2) is 5.07. The topological polar surface area (TPSA) is 46.5 Å². The molecule has 1 aromatic rings. The first-order valence-electron chi connectivity index (χ1n) is 4.38. The first kappa shape index (κ1) is 10.3. The van der Waals surface area contributed by atoms with Crippen LogP contribution < -0.4 is 4.74 Å². The Hall–Kier alpha value is -1.77. The van der Waals surface area contributed by atoms with E-state index in [9.17, 15) is 4.79 Å². The summed E-state index contributed by atoms with van der Waals surface area (Å²) in [5.74, 6) is -0.303. The van der Waals surface area contributed by atoms with Gasteiger partial charge in [-0.05, 0) is 18.6 Å². The number of hydrogen-bond acceptors (Lipinski definition) is 2. The molecule has 0 spiro atoms. The van der Waals surface area contributed by atoms with Crippen molar-refractivity contribution in [1.29, 1.82) is 0 Å². The number of aliphatic carboxylic acids is 1. The Balaban J connectivity index is 2.66. The maximum absolute atomic E-state index is 10.6. The van der Waals surface area contributed by atoms with Crippen LogP contribution in [0.3, 0.4) is 0 Å². The molecule has 0 heterocycles. The van der Waals surface area contributed by atoms with E-state index in [4.69, 9.17) is 9.84 Å². The van der Waals surface area contributed by atoms with Gasteiger partial charge in [-0.25, -0.2) is 4.79 Å². The second-order valence-corrected chi connectivity index (χ2v) is 2.73. The van der Waals surface area contributed by atoms with Crippen molar-refractivity contribution < 1.29 is 14.6 Å². The zero-order chi connectivity index (χ0) is 10.4. The van der Waals surface area contributed by atoms with Crippen LogP contribution in [0.25, 0.3) is 0 Å². The summed E-state index contributed by atoms with van der Waals surface area (Å²) in [5.41, 5.74) is 0.258. The SMILES string of the molecule is CC/C(=C\Oc1ccccc1)C(=O)O. The summed E-state index contributed by atoms with van der Waals surface area (Å²) in [7, 11) is 0. The zero-order valence-electron chi connectivity index (χ0n) is 7.93. The van der Waals surface area contributed by atoms with Gasteiger partial charge in [0.15, 0.2) is 0 Å². The Morgan fingerprint density at radius 1 is 1.43 bits per heavy atom. The van der Waals surface area contributed by atoms with Gasteiger partial charge in [0.1, 0.15) is 12.0 Å². The number of carboxylic acid groups (broad SMARTS) is 1. The van der Waals surface area contributed by atoms with E-state index in [1.807, 2.05) is 18.2 Å². The Morgan fingerprint density at radius 2 is 2.07 bits per heavy atom. The van der Waals surface area contributed by atoms with E-state index in [1.165, 1.54) is 6.26 Å². The lowest BCUT2D eigenvalue weighted by Gasteiger charge is -2.01. The molecule has 0 aromatic heterocycles. The van der Waals surface area contributed by atoms with Crippen LogP contribution in [0.1, 0.15) is 13.3 Å². The van der Waals surface area contributed by atoms with Crippen LogP contribution in [0.4, 0.5) is 0 Å². The van der Waals surface area contributed by atoms with Crippen molar-refractivity contribution in [3.8, 4) is 5.75 Å². The lowest BCUT2D eigenvalue weighted by atomic mass is 10.2. The van der Waals surface area contributed by atoms with Crippen LogP contribution >= 0.6 is 0 Å². The Labute approximate surface area is 82.6 Å². The van der Waals surface area contributed by atoms with Gasteiger partial charge >= 0.3 is 5.97 Å². The average molecular weight is 192 g/mol. The van der Waals surface area contributed by atoms with Crippen molar-refractivity contribution in [1.82, 2.24) is 0 Å². The van der Waals surface area contributed by atoms with E-state index in [1.54, 1.807) is 19.1 Å². The predicted molar refractivity (Wildman–Crippen MR) is 53.1 cm³/mol. The first-order chi connectivity index (χ1) is 6.74. The fourth-order valence-corrected chi connectivity index (χ4v) is 0.923. The van der Waals surface area contributed by atoms with Crippen molar-refractivity contribution in [2.45, 2.75) is 13.3 Å². The summed E-state index contributed by atoms with van der Waals surface area (Å²) < 4.78 is 5.18. The van der Waals surface area contributed by atoms with Gasteiger partial charge in [-0.1, -0.05) is 25.1 Å². The number of carbonyl (C=O) groups is 1. The number of para-hydroxylation sites is 1. The monoisotopic (exact) mass is 192 g/mol. The Bertz CT molecular complexity index is 328. The summed E-state index contributed by atoms with van der Waals surface area (Å²) in [5, 5.41) is 8.70. The quantitative estimate of drug-likeness (QED) is 0.588. The Kier molecular flexibility index (Phi) is 3.73. The molecule has 0 amide bonds. The van der Waals surface area contributed by atoms with Crippen LogP contribution in [0, 0.1) is 0 Å². The molecular weight excluding hydrogens is 180 g/mol. The molecule has 1 N–H and O–H groups in total. The highest BCUT2D eigenvalue weighted by Crippen LogP contribution is 2.10. The van der Waals surface area contributed by atoms with Crippen LogP contribution in [-0.4, -0.2) is 11.1 Å². The lowest BCUT2D eigenvalue weighted by Crippen LogP contribution is -2.00. The van der Waals surface area contributed by atoms with Crippen LogP contribution in [0.2, 0.25) is 0 Å². The molecule has 0 saturated heterocycles. The maximum atomic E-state index is 10.6. The third-order valence-corrected chi connectivity index (χ3v) is 1.74. The van der Waals surface area contributed by atoms with Gasteiger partial charge in [0.05, 0.1) is 5.57 Å². The molecule has 0 radical (unpaired) electrons. The summed E-state index contributed by atoms with van der Waals surface area (Å²) in [4.78, 5) is 10.6. The third kappa shape index (κ3) is 2.94. The molecule has 1 aromatic carbocycles. The van der Waals surface area contributed by atoms with Crippen LogP contribution in [0.5, 0.6) is 5.75 Å². The molecule has 0 unspecified atom stereocenters. The predicted octanol–water partition coefficient (Wildman–Crippen LogP) is 2.44. The molecule has 0 aliphatic heterocycles. The van der Waals surface area contributed by atoms with E-state index < -0.39 is 5.97 Å². The molecule has 0 atom stereocenters. The van der Waals surface area contributed by atoms with Gasteiger partial charge in [-0.15, -0.1) is 0 Å². The van der Waals surface area contributed by atoms with Gasteiger partial charge in [0.25, 0.3) is 0 Å². The van der Waals surface area contributed by atoms with E-state index in [0.717, 1.165) is 0 Å². The van der Waals surface area contributed by atoms with Crippen molar-refractivity contribution >= 4 is 5.97 Å². The fraction of sp³-hybridized carbons (Fsp3) is 0.182. The maximum Gasteiger partial charge on any atom is 0.334 e. The molecule has 74 valence electrons. The summed E-state index contributed by atoms with van der Waals surface area (Å²) in [6.45, 7) is 1.77. The first-order valence-corrected chi connectivity index (χ1v) is 4.38. The number of rotatable bonds is 4. The highest BCUT2D eigenvalue weighted by molar-refractivity contribution is 5.86. The van der Waals surface area contributed by atoms with Crippen LogP contribution in [0.15, 0.2) is 42.2 Å². The van der Waals surface area contributed by atoms with Crippen molar-refractivity contribution in [2.75, 3.05) is 0 Å². The van der Waals surface area contributed by atoms with Crippen LogP contribution in [-0.2, 0) is 4.79 Å². The highest BCUT2D eigenvalue weighted by atomic mass is 16.5. The Morgan fingerprint density at radius 3 is 2.57 bits per heavy atom. The molecule has 0 bridgehead atoms. The standard InChI is InChI=1S/C11H12O3/c1-2-9(11(12)13)8-14-10-6-4-3-5-7-10/h3-8H,2H2,1H3,(H,12,13)/b9-8+. The summed E-state index contributed by atoms with van der Waals surface area (Å²) in [6, 6.07) is 9.07. The number of benzene rings is 1. The molecule has 0 saturated carbocycles. The number of carboxylic acids is 1. The lowest BCUT2D eigenvalue weighted by molar-refractivity contribution is -0.132. The molecule has 1 rings (SSSR count). The van der Waals surface area contributed by atoms with Crippen molar-refractivity contribution in [3.63, 3.8) is 0 Å². The normalized spacial score (nSPS) is 11.1. The zero-order valence-corrected chi connectivity index (χ0v) is 7.93. The van der Waals surface area contributed by atoms with E-state index in [-0.39, 0.29) is 5.57 Å². The molecule has 3 heteroatoms. The summed E-state index contributed by atoms with van der Waals surface area (Å²) in [6.07, 6.45) is 1.72. The number of hydrogen-bond donors (Lipinski definition) is 1. The largest absolute Gasteiger partial charge is 0.478 e. The summed E-state index contributed by atoms with van der Waals surface area (Å²) >= 11 is 0. The minimum absolute atomic E-state index is 0.258. The van der Waals surface area contributed by atoms with Gasteiger partial charge in [-0.2, -0.15) is 0 Å². The third-order valence-electron chi connectivity index (χ3n) is 1.74. The van der Waals surface area contributed by atoms with Crippen molar-refractivity contribution in [2.24, 2.45) is 0 Å². The van der Waals surface area contributed by atoms with Gasteiger partial charge in [-0.3, -0.25) is 0 Å². The smallest absolute Gasteiger partial charge is 0.334 e. The highest BCUT2D eigenvalue weighted by Gasteiger charge is 2.03. The molecule has 0 aliphatic carbocycles. The van der Waals surface area contributed by atoms with Gasteiger partial charge < -0.3 is 9.84 Å². The number of ether oxygens (including phenoxy) is 1. The fourth-order valence-electron chi connectivity index (χ4n) is 0.923. The molecule has 3 nitrogen and oxygen atoms in total. The molecule has 0 aliphatic rings. The van der Waals surface area contributed by atoms with Gasteiger partial charge in [0, 0.05) is 0 Å². The average Bonchev–Trinajstić information content (AvgIpc) is 2.20. The van der Waals surface area contributed by atoms with E-state index in [0.29, 0.717) is 12.2 Å². The van der Waals surface area contributed by atoms with Crippen molar-refractivity contribution in [3.05, 3.63) is 42.2 Å². The van der Waals surface area contributed by atoms with E-state index >= 15 is 0 Å². The molecule has 14 heavy (non-hydrogen) atoms. The minimum Gasteiger partial charge on any atom is -0.478 e. The minimum atomic E-state index is -0.941. The van der Waals surface area contributed by atoms with Gasteiger partial charge in [0.2, 0.25) is 0 Å².